The van der Waals surface area contributed by atoms with Gasteiger partial charge in [-0.1, -0.05) is 49.6 Å². The quantitative estimate of drug-likeness (QED) is 0.554. The van der Waals surface area contributed by atoms with Crippen molar-refractivity contribution in [2.24, 2.45) is 5.73 Å². The molecule has 0 unspecified atom stereocenters. The zero-order chi connectivity index (χ0) is 21.0. The van der Waals surface area contributed by atoms with Crippen molar-refractivity contribution in [3.63, 3.8) is 0 Å². The average molecular weight is 406 g/mol. The van der Waals surface area contributed by atoms with Crippen LogP contribution in [-0.2, 0) is 16.6 Å². The Morgan fingerprint density at radius 1 is 1.13 bits per heavy atom. The minimum absolute atomic E-state index is 0.0271. The van der Waals surface area contributed by atoms with Crippen LogP contribution in [-0.4, -0.2) is 30.6 Å². The summed E-state index contributed by atoms with van der Waals surface area (Å²) >= 11 is 0. The molecule has 5 heteroatoms. The van der Waals surface area contributed by atoms with Crippen molar-refractivity contribution in [2.45, 2.75) is 50.0 Å². The maximum absolute atomic E-state index is 12.9. The Balaban J connectivity index is 1.44. The summed E-state index contributed by atoms with van der Waals surface area (Å²) < 4.78 is 5.31. The predicted molar refractivity (Wildman–Crippen MR) is 121 cm³/mol. The van der Waals surface area contributed by atoms with Crippen LogP contribution in [0.3, 0.4) is 0 Å². The predicted octanol–water partition coefficient (Wildman–Crippen LogP) is 4.06. The van der Waals surface area contributed by atoms with Crippen molar-refractivity contribution in [3.8, 4) is 5.75 Å². The van der Waals surface area contributed by atoms with Crippen molar-refractivity contribution in [3.05, 3.63) is 65.9 Å². The number of aromatic amines is 1. The lowest BCUT2D eigenvalue weighted by molar-refractivity contribution is -0.122. The molecular weight excluding hydrogens is 374 g/mol. The second-order valence-electron chi connectivity index (χ2n) is 8.46. The highest BCUT2D eigenvalue weighted by Gasteiger charge is 2.34. The van der Waals surface area contributed by atoms with Gasteiger partial charge in [0.15, 0.2) is 0 Å². The number of carbonyl (C=O) groups is 1. The van der Waals surface area contributed by atoms with E-state index in [-0.39, 0.29) is 11.3 Å². The third-order valence-corrected chi connectivity index (χ3v) is 6.57. The normalized spacial score (nSPS) is 16.9. The van der Waals surface area contributed by atoms with E-state index in [4.69, 9.17) is 10.5 Å². The Morgan fingerprint density at radius 2 is 1.87 bits per heavy atom. The maximum Gasteiger partial charge on any atom is 0.237 e. The summed E-state index contributed by atoms with van der Waals surface area (Å²) in [5.74, 6) is 0.772. The molecule has 3 aromatic rings. The number of amides is 1. The largest absolute Gasteiger partial charge is 0.497 e. The van der Waals surface area contributed by atoms with Gasteiger partial charge in [-0.05, 0) is 48.6 Å². The number of carbonyl (C=O) groups excluding carboxylic acids is 1. The molecule has 0 aliphatic heterocycles. The van der Waals surface area contributed by atoms with E-state index >= 15 is 0 Å². The van der Waals surface area contributed by atoms with Crippen molar-refractivity contribution in [1.29, 1.82) is 0 Å². The summed E-state index contributed by atoms with van der Waals surface area (Å²) in [5.41, 5.74) is 9.69. The van der Waals surface area contributed by atoms with Gasteiger partial charge in [-0.25, -0.2) is 0 Å². The lowest BCUT2D eigenvalue weighted by Crippen LogP contribution is -2.48. The van der Waals surface area contributed by atoms with Gasteiger partial charge >= 0.3 is 0 Å². The van der Waals surface area contributed by atoms with Crippen molar-refractivity contribution in [1.82, 2.24) is 10.3 Å². The zero-order valence-electron chi connectivity index (χ0n) is 17.6. The van der Waals surface area contributed by atoms with Crippen LogP contribution in [0.25, 0.3) is 10.9 Å². The molecule has 1 aromatic heterocycles. The topological polar surface area (TPSA) is 80.1 Å². The summed E-state index contributed by atoms with van der Waals surface area (Å²) in [6.45, 7) is 0.625. The van der Waals surface area contributed by atoms with Crippen LogP contribution < -0.4 is 15.8 Å². The molecule has 1 aliphatic carbocycles. The van der Waals surface area contributed by atoms with Gasteiger partial charge in [0.2, 0.25) is 5.91 Å². The number of methoxy groups -OCH3 is 1. The maximum atomic E-state index is 12.9. The molecule has 4 rings (SSSR count). The minimum Gasteiger partial charge on any atom is -0.497 e. The summed E-state index contributed by atoms with van der Waals surface area (Å²) in [4.78, 5) is 16.1. The van der Waals surface area contributed by atoms with Crippen LogP contribution in [0, 0.1) is 0 Å². The highest BCUT2D eigenvalue weighted by molar-refractivity contribution is 5.86. The van der Waals surface area contributed by atoms with Gasteiger partial charge in [0.25, 0.3) is 0 Å². The summed E-state index contributed by atoms with van der Waals surface area (Å²) in [6, 6.07) is 15.8. The fourth-order valence-electron chi connectivity index (χ4n) is 4.76. The van der Waals surface area contributed by atoms with Crippen LogP contribution in [0.15, 0.2) is 54.7 Å². The second-order valence-corrected chi connectivity index (χ2v) is 8.46. The van der Waals surface area contributed by atoms with Crippen LogP contribution in [0.1, 0.15) is 43.2 Å². The van der Waals surface area contributed by atoms with Gasteiger partial charge in [-0.2, -0.15) is 0 Å². The van der Waals surface area contributed by atoms with E-state index < -0.39 is 6.04 Å². The first-order valence-corrected chi connectivity index (χ1v) is 10.8. The first kappa shape index (κ1) is 20.5. The number of ether oxygens (including phenoxy) is 1. The van der Waals surface area contributed by atoms with Gasteiger partial charge in [0, 0.05) is 29.1 Å². The highest BCUT2D eigenvalue weighted by Crippen LogP contribution is 2.39. The Bertz CT molecular complexity index is 987. The van der Waals surface area contributed by atoms with Crippen LogP contribution in [0.4, 0.5) is 0 Å². The number of hydrogen-bond acceptors (Lipinski definition) is 3. The fraction of sp³-hybridized carbons (Fsp3) is 0.400. The van der Waals surface area contributed by atoms with Crippen molar-refractivity contribution < 1.29 is 9.53 Å². The molecule has 1 atom stereocenters. The number of nitrogens with two attached hydrogens (primary N) is 1. The second kappa shape index (κ2) is 8.92. The van der Waals surface area contributed by atoms with Crippen LogP contribution in [0.2, 0.25) is 0 Å². The van der Waals surface area contributed by atoms with E-state index in [1.165, 1.54) is 24.8 Å². The number of rotatable bonds is 7. The van der Waals surface area contributed by atoms with Crippen LogP contribution in [0.5, 0.6) is 5.75 Å². The fourth-order valence-corrected chi connectivity index (χ4v) is 4.76. The molecule has 1 fully saturated rings. The molecule has 1 aliphatic rings. The summed E-state index contributed by atoms with van der Waals surface area (Å²) in [6.07, 6.45) is 8.26. The molecule has 2 aromatic carbocycles. The molecule has 158 valence electrons. The van der Waals surface area contributed by atoms with Gasteiger partial charge < -0.3 is 20.8 Å². The lowest BCUT2D eigenvalue weighted by Gasteiger charge is -2.38. The SMILES string of the molecule is COc1ccc(C2(CNC(=O)[C@@H](N)Cc3c[nH]c4ccccc34)CCCCC2)cc1. The Hall–Kier alpha value is -2.79. The molecule has 5 nitrogen and oxygen atoms in total. The smallest absolute Gasteiger partial charge is 0.237 e. The molecule has 1 heterocycles. The molecule has 0 spiro atoms. The van der Waals surface area contributed by atoms with Gasteiger partial charge in [0.05, 0.1) is 13.2 Å². The van der Waals surface area contributed by atoms with E-state index in [2.05, 4.69) is 28.5 Å². The number of nitrogens with one attached hydrogen (secondary N) is 2. The first-order chi connectivity index (χ1) is 14.6. The van der Waals surface area contributed by atoms with Gasteiger partial charge in [-0.15, -0.1) is 0 Å². The molecular formula is C25H31N3O2. The Kier molecular flexibility index (Phi) is 6.09. The monoisotopic (exact) mass is 405 g/mol. The number of para-hydroxylation sites is 1. The number of fused-ring (bicyclic) bond motifs is 1. The van der Waals surface area contributed by atoms with Gasteiger partial charge in [-0.3, -0.25) is 4.79 Å². The third kappa shape index (κ3) is 4.21. The van der Waals surface area contributed by atoms with E-state index in [9.17, 15) is 4.79 Å². The third-order valence-electron chi connectivity index (χ3n) is 6.57. The lowest BCUT2D eigenvalue weighted by atomic mass is 9.69. The van der Waals surface area contributed by atoms with Gasteiger partial charge in [0.1, 0.15) is 5.75 Å². The first-order valence-electron chi connectivity index (χ1n) is 10.8. The van der Waals surface area contributed by atoms with E-state index in [0.717, 1.165) is 35.1 Å². The Morgan fingerprint density at radius 3 is 2.60 bits per heavy atom. The molecule has 0 radical (unpaired) electrons. The summed E-state index contributed by atoms with van der Waals surface area (Å²) in [7, 11) is 1.68. The minimum atomic E-state index is -0.569. The average Bonchev–Trinajstić information content (AvgIpc) is 3.21. The Labute approximate surface area is 178 Å². The van der Waals surface area contributed by atoms with E-state index in [1.807, 2.05) is 36.5 Å². The number of aromatic nitrogens is 1. The molecule has 4 N–H and O–H groups in total. The molecule has 1 saturated carbocycles. The summed E-state index contributed by atoms with van der Waals surface area (Å²) in [5, 5.41) is 4.30. The zero-order valence-corrected chi connectivity index (χ0v) is 17.6. The standard InChI is InChI=1S/C25H31N3O2/c1-30-20-11-9-19(10-12-20)25(13-5-2-6-14-25)17-28-24(29)22(26)15-18-16-27-23-8-4-3-7-21(18)23/h3-4,7-12,16,22,27H,2,5-6,13-15,17,26H2,1H3,(H,28,29)/t22-/m0/s1. The number of benzene rings is 2. The van der Waals surface area contributed by atoms with Crippen molar-refractivity contribution in [2.75, 3.05) is 13.7 Å². The molecule has 0 bridgehead atoms. The molecule has 0 saturated heterocycles. The van der Waals surface area contributed by atoms with Crippen LogP contribution >= 0.6 is 0 Å². The number of H-pyrrole nitrogens is 1. The highest BCUT2D eigenvalue weighted by atomic mass is 16.5. The number of hydrogen-bond donors (Lipinski definition) is 3. The molecule has 30 heavy (non-hydrogen) atoms. The molecule has 1 amide bonds. The van der Waals surface area contributed by atoms with Crippen molar-refractivity contribution >= 4 is 16.8 Å². The van der Waals surface area contributed by atoms with E-state index in [1.54, 1.807) is 7.11 Å². The van der Waals surface area contributed by atoms with E-state index in [0.29, 0.717) is 13.0 Å².